The zero-order valence-electron chi connectivity index (χ0n) is 27.9. The molecule has 0 N–H and O–H groups in total. The number of hydrogen-bond acceptors (Lipinski definition) is 5. The van der Waals surface area contributed by atoms with Crippen LogP contribution in [0.5, 0.6) is 0 Å². The Morgan fingerprint density at radius 2 is 1.04 bits per heavy atom. The Morgan fingerprint density at radius 1 is 0.509 bits per heavy atom. The maximum atomic E-state index is 15.0. The number of aromatic nitrogens is 3. The Bertz CT molecular complexity index is 2700. The summed E-state index contributed by atoms with van der Waals surface area (Å²) in [6.07, 6.45) is 0. The SMILES string of the molecule is O=P(c1c#cc(-c2cc(-c3nc(-c4ccc(F)cc4)nc(-c4ccc(F)cc4)n3)cc3c2oc2ccccc23)cc1)(c1ccccc1)c1ccccc1. The summed E-state index contributed by atoms with van der Waals surface area (Å²) in [6, 6.07) is 52.7. The summed E-state index contributed by atoms with van der Waals surface area (Å²) in [6.45, 7) is 0. The Balaban J connectivity index is 1.24. The van der Waals surface area contributed by atoms with Crippen LogP contribution >= 0.6 is 7.14 Å². The lowest BCUT2D eigenvalue weighted by atomic mass is 9.99. The van der Waals surface area contributed by atoms with Gasteiger partial charge in [-0.15, -0.1) is 0 Å². The Labute approximate surface area is 303 Å². The summed E-state index contributed by atoms with van der Waals surface area (Å²) >= 11 is 0. The van der Waals surface area contributed by atoms with Crippen LogP contribution in [0.2, 0.25) is 0 Å². The number of furan rings is 1. The molecule has 0 bridgehead atoms. The van der Waals surface area contributed by atoms with Crippen molar-refractivity contribution in [2.24, 2.45) is 0 Å². The van der Waals surface area contributed by atoms with Crippen LogP contribution in [0.3, 0.4) is 0 Å². The summed E-state index contributed by atoms with van der Waals surface area (Å²) in [5.41, 5.74) is 4.55. The highest BCUT2D eigenvalue weighted by atomic mass is 31.2. The predicted molar refractivity (Wildman–Crippen MR) is 206 cm³/mol. The van der Waals surface area contributed by atoms with E-state index in [0.717, 1.165) is 10.8 Å². The highest BCUT2D eigenvalue weighted by Crippen LogP contribution is 2.43. The molecule has 0 saturated heterocycles. The first-order valence-corrected chi connectivity index (χ1v) is 18.5. The molecule has 0 amide bonds. The molecule has 7 aromatic carbocycles. The van der Waals surface area contributed by atoms with E-state index in [9.17, 15) is 8.78 Å². The van der Waals surface area contributed by atoms with Gasteiger partial charge >= 0.3 is 0 Å². The van der Waals surface area contributed by atoms with Gasteiger partial charge in [0, 0.05) is 49.2 Å². The molecule has 0 spiro atoms. The van der Waals surface area contributed by atoms with Gasteiger partial charge in [0.05, 0.1) is 5.30 Å². The minimum Gasteiger partial charge on any atom is -0.455 e. The minimum absolute atomic E-state index is 0.329. The van der Waals surface area contributed by atoms with Gasteiger partial charge in [0.25, 0.3) is 0 Å². The highest BCUT2D eigenvalue weighted by Gasteiger charge is 2.30. The number of fused-ring (bicyclic) bond motifs is 3. The molecule has 2 aromatic heterocycles. The topological polar surface area (TPSA) is 68.9 Å². The highest BCUT2D eigenvalue weighted by molar-refractivity contribution is 7.85. The Kier molecular flexibility index (Phi) is 7.96. The van der Waals surface area contributed by atoms with Crippen LogP contribution < -0.4 is 15.9 Å². The second kappa shape index (κ2) is 13.1. The van der Waals surface area contributed by atoms with Crippen LogP contribution in [0.25, 0.3) is 67.2 Å². The van der Waals surface area contributed by atoms with Gasteiger partial charge in [-0.25, -0.2) is 23.7 Å². The van der Waals surface area contributed by atoms with Crippen LogP contribution in [-0.2, 0) is 4.57 Å². The summed E-state index contributed by atoms with van der Waals surface area (Å²) in [4.78, 5) is 14.4. The quantitative estimate of drug-likeness (QED) is 0.154. The third-order valence-corrected chi connectivity index (χ3v) is 12.2. The Hall–Kier alpha value is -6.74. The summed E-state index contributed by atoms with van der Waals surface area (Å²) < 4.78 is 49.3. The third-order valence-electron chi connectivity index (χ3n) is 9.18. The molecule has 0 fully saturated rings. The smallest absolute Gasteiger partial charge is 0.179 e. The summed E-state index contributed by atoms with van der Waals surface area (Å²) in [5, 5.41) is 3.66. The van der Waals surface area contributed by atoms with Crippen molar-refractivity contribution in [3.63, 3.8) is 0 Å². The van der Waals surface area contributed by atoms with Crippen LogP contribution in [0.15, 0.2) is 162 Å². The van der Waals surface area contributed by atoms with Crippen molar-refractivity contribution in [3.8, 4) is 45.3 Å². The number of halogens is 2. The largest absolute Gasteiger partial charge is 0.455 e. The first-order valence-electron chi connectivity index (χ1n) is 16.8. The van der Waals surface area contributed by atoms with E-state index in [1.807, 2.05) is 109 Å². The Morgan fingerprint density at radius 3 is 1.58 bits per heavy atom. The van der Waals surface area contributed by atoms with Crippen molar-refractivity contribution in [1.29, 1.82) is 0 Å². The van der Waals surface area contributed by atoms with Gasteiger partial charge in [-0.3, -0.25) is 0 Å². The lowest BCUT2D eigenvalue weighted by Gasteiger charge is -2.18. The number of hydrogen-bond donors (Lipinski definition) is 0. The number of para-hydroxylation sites is 1. The monoisotopic (exact) mass is 709 g/mol. The molecular weight excluding hydrogens is 683 g/mol. The number of benzene rings is 6. The van der Waals surface area contributed by atoms with Crippen LogP contribution in [0, 0.1) is 23.8 Å². The van der Waals surface area contributed by atoms with Crippen molar-refractivity contribution in [3.05, 3.63) is 181 Å². The van der Waals surface area contributed by atoms with Gasteiger partial charge in [-0.1, -0.05) is 91.0 Å². The van der Waals surface area contributed by atoms with E-state index in [-0.39, 0.29) is 11.6 Å². The molecule has 252 valence electrons. The van der Waals surface area contributed by atoms with Gasteiger partial charge in [-0.2, -0.15) is 0 Å². The van der Waals surface area contributed by atoms with Gasteiger partial charge in [0.1, 0.15) is 22.8 Å². The second-order valence-corrected chi connectivity index (χ2v) is 15.2. The fourth-order valence-corrected chi connectivity index (χ4v) is 9.07. The zero-order valence-corrected chi connectivity index (χ0v) is 28.8. The molecule has 0 aliphatic heterocycles. The van der Waals surface area contributed by atoms with Gasteiger partial charge in [-0.05, 0) is 78.9 Å². The van der Waals surface area contributed by atoms with E-state index in [0.29, 0.717) is 72.4 Å². The van der Waals surface area contributed by atoms with Crippen molar-refractivity contribution < 1.29 is 17.8 Å². The molecule has 0 aliphatic rings. The van der Waals surface area contributed by atoms with Crippen molar-refractivity contribution in [2.75, 3.05) is 0 Å². The molecule has 0 radical (unpaired) electrons. The molecule has 5 nitrogen and oxygen atoms in total. The van der Waals surface area contributed by atoms with Crippen molar-refractivity contribution in [2.45, 2.75) is 0 Å². The third kappa shape index (κ3) is 5.86. The molecular formula is C45H26F2N3O2P. The predicted octanol–water partition coefficient (Wildman–Crippen LogP) is 9.96. The molecule has 0 saturated carbocycles. The average Bonchev–Trinajstić information content (AvgIpc) is 3.60. The standard InChI is InChI=1S/C45H26F2N3O2P/c46-33-21-15-30(16-22-33)43-48-44(31-17-23-34(47)24-18-31)50-45(49-43)32-27-39(42-40(28-32)38-13-7-8-14-41(38)52-42)29-19-25-37(26-20-29)53(51,35-9-3-1-4-10-35)36-11-5-2-6-12-36/h1-19,21-25,27-28H. The zero-order chi connectivity index (χ0) is 35.9. The summed E-state index contributed by atoms with van der Waals surface area (Å²) in [7, 11) is -3.28. The molecule has 53 heavy (non-hydrogen) atoms. The maximum absolute atomic E-state index is 15.0. The fourth-order valence-electron chi connectivity index (χ4n) is 6.54. The second-order valence-electron chi connectivity index (χ2n) is 12.5. The normalized spacial score (nSPS) is 11.5. The molecule has 0 unspecified atom stereocenters. The van der Waals surface area contributed by atoms with E-state index in [4.69, 9.17) is 19.4 Å². The lowest BCUT2D eigenvalue weighted by Crippen LogP contribution is -2.24. The number of nitrogens with zero attached hydrogens (tertiary/aromatic N) is 3. The fraction of sp³-hybridized carbons (Fsp3) is 0. The molecule has 2 heterocycles. The van der Waals surface area contributed by atoms with E-state index in [1.54, 1.807) is 24.3 Å². The van der Waals surface area contributed by atoms with Crippen LogP contribution in [-0.4, -0.2) is 15.0 Å². The van der Waals surface area contributed by atoms with Gasteiger partial charge < -0.3 is 8.98 Å². The minimum atomic E-state index is -3.28. The average molecular weight is 710 g/mol. The van der Waals surface area contributed by atoms with Gasteiger partial charge in [0.15, 0.2) is 24.6 Å². The van der Waals surface area contributed by atoms with Crippen LogP contribution in [0.1, 0.15) is 0 Å². The molecule has 0 atom stereocenters. The lowest BCUT2D eigenvalue weighted by molar-refractivity contribution is 0.592. The molecule has 0 aliphatic carbocycles. The molecule has 9 rings (SSSR count). The summed E-state index contributed by atoms with van der Waals surface area (Å²) in [5.74, 6) is 0.244. The first-order chi connectivity index (χ1) is 25.9. The first kappa shape index (κ1) is 32.2. The van der Waals surface area contributed by atoms with Gasteiger partial charge in [0.2, 0.25) is 0 Å². The van der Waals surface area contributed by atoms with Crippen molar-refractivity contribution in [1.82, 2.24) is 15.0 Å². The van der Waals surface area contributed by atoms with E-state index in [1.165, 1.54) is 24.3 Å². The number of rotatable bonds is 7. The maximum Gasteiger partial charge on any atom is 0.179 e. The van der Waals surface area contributed by atoms with E-state index in [2.05, 4.69) is 12.1 Å². The van der Waals surface area contributed by atoms with Crippen molar-refractivity contribution >= 4 is 45.0 Å². The molecule has 9 aromatic rings. The van der Waals surface area contributed by atoms with E-state index >= 15 is 4.57 Å². The van der Waals surface area contributed by atoms with E-state index < -0.39 is 7.14 Å². The molecule has 8 heteroatoms. The van der Waals surface area contributed by atoms with Crippen LogP contribution in [0.4, 0.5) is 8.78 Å².